The lowest BCUT2D eigenvalue weighted by Crippen LogP contribution is -2.18. The van der Waals surface area contributed by atoms with Gasteiger partial charge in [0.1, 0.15) is 0 Å². The van der Waals surface area contributed by atoms with Gasteiger partial charge < -0.3 is 5.32 Å². The van der Waals surface area contributed by atoms with Crippen LogP contribution in [0, 0.1) is 0 Å². The number of hydrogen-bond acceptors (Lipinski definition) is 2. The van der Waals surface area contributed by atoms with Gasteiger partial charge in [0, 0.05) is 29.2 Å². The highest BCUT2D eigenvalue weighted by Crippen LogP contribution is 2.19. The topological polar surface area (TPSA) is 24.9 Å². The van der Waals surface area contributed by atoms with Gasteiger partial charge in [0.05, 0.1) is 5.52 Å². The first kappa shape index (κ1) is 14.1. The van der Waals surface area contributed by atoms with Crippen LogP contribution in [-0.4, -0.2) is 4.98 Å². The van der Waals surface area contributed by atoms with Crippen LogP contribution < -0.4 is 5.32 Å². The maximum atomic E-state index is 5.93. The van der Waals surface area contributed by atoms with Crippen molar-refractivity contribution in [3.8, 4) is 0 Å². The van der Waals surface area contributed by atoms with Crippen LogP contribution in [0.25, 0.3) is 10.9 Å². The van der Waals surface area contributed by atoms with Gasteiger partial charge in [0.25, 0.3) is 0 Å². The molecule has 106 valence electrons. The van der Waals surface area contributed by atoms with Crippen molar-refractivity contribution in [2.45, 2.75) is 19.5 Å². The van der Waals surface area contributed by atoms with Crippen molar-refractivity contribution in [1.82, 2.24) is 10.3 Å². The molecule has 0 spiro atoms. The molecule has 1 atom stereocenters. The van der Waals surface area contributed by atoms with E-state index in [4.69, 9.17) is 11.6 Å². The molecule has 1 N–H and O–H groups in total. The van der Waals surface area contributed by atoms with Crippen LogP contribution in [0.5, 0.6) is 0 Å². The Morgan fingerprint density at radius 2 is 1.81 bits per heavy atom. The van der Waals surface area contributed by atoms with Crippen LogP contribution >= 0.6 is 11.6 Å². The van der Waals surface area contributed by atoms with Gasteiger partial charge in [0.15, 0.2) is 0 Å². The monoisotopic (exact) mass is 296 g/mol. The summed E-state index contributed by atoms with van der Waals surface area (Å²) in [6, 6.07) is 18.6. The number of para-hydroxylation sites is 1. The van der Waals surface area contributed by atoms with Crippen molar-refractivity contribution in [3.63, 3.8) is 0 Å². The molecule has 0 aliphatic heterocycles. The minimum Gasteiger partial charge on any atom is -0.306 e. The molecule has 2 nitrogen and oxygen atoms in total. The van der Waals surface area contributed by atoms with Crippen molar-refractivity contribution >= 4 is 22.5 Å². The van der Waals surface area contributed by atoms with E-state index in [0.29, 0.717) is 0 Å². The highest BCUT2D eigenvalue weighted by molar-refractivity contribution is 6.30. The van der Waals surface area contributed by atoms with Gasteiger partial charge in [-0.3, -0.25) is 4.98 Å². The maximum Gasteiger partial charge on any atom is 0.0746 e. The smallest absolute Gasteiger partial charge is 0.0746 e. The number of pyridine rings is 1. The van der Waals surface area contributed by atoms with E-state index < -0.39 is 0 Å². The van der Waals surface area contributed by atoms with E-state index in [9.17, 15) is 0 Å². The Morgan fingerprint density at radius 1 is 1.05 bits per heavy atom. The maximum absolute atomic E-state index is 5.93. The second kappa shape index (κ2) is 6.25. The number of nitrogens with one attached hydrogen (secondary N) is 1. The summed E-state index contributed by atoms with van der Waals surface area (Å²) in [6.45, 7) is 2.94. The fraction of sp³-hybridized carbons (Fsp3) is 0.167. The number of hydrogen-bond donors (Lipinski definition) is 1. The van der Waals surface area contributed by atoms with Crippen molar-refractivity contribution in [1.29, 1.82) is 0 Å². The number of halogens is 1. The van der Waals surface area contributed by atoms with E-state index in [2.05, 4.69) is 53.6 Å². The van der Waals surface area contributed by atoms with Gasteiger partial charge in [0.2, 0.25) is 0 Å². The molecule has 3 rings (SSSR count). The lowest BCUT2D eigenvalue weighted by molar-refractivity contribution is 0.576. The highest BCUT2D eigenvalue weighted by Gasteiger charge is 2.07. The Labute approximate surface area is 129 Å². The first-order valence-electron chi connectivity index (χ1n) is 7.05. The standard InChI is InChI=1S/C18H17ClN2/c1-13(14-7-9-17(19)10-8-14)21-12-16-5-2-4-15-6-3-11-20-18(15)16/h2-11,13,21H,12H2,1H3/t13-/m0/s1. The molecule has 0 aliphatic rings. The third-order valence-electron chi connectivity index (χ3n) is 3.68. The number of aromatic nitrogens is 1. The molecule has 1 aromatic heterocycles. The van der Waals surface area contributed by atoms with E-state index in [-0.39, 0.29) is 6.04 Å². The number of benzene rings is 2. The zero-order valence-electron chi connectivity index (χ0n) is 11.9. The second-order valence-corrected chi connectivity index (χ2v) is 5.58. The van der Waals surface area contributed by atoms with Crippen molar-refractivity contribution < 1.29 is 0 Å². The summed E-state index contributed by atoms with van der Waals surface area (Å²) in [6.07, 6.45) is 1.84. The quantitative estimate of drug-likeness (QED) is 0.752. The normalized spacial score (nSPS) is 12.5. The van der Waals surface area contributed by atoms with Crippen molar-refractivity contribution in [2.75, 3.05) is 0 Å². The number of nitrogens with zero attached hydrogens (tertiary/aromatic N) is 1. The molecule has 1 heterocycles. The lowest BCUT2D eigenvalue weighted by atomic mass is 10.1. The lowest BCUT2D eigenvalue weighted by Gasteiger charge is -2.15. The molecule has 2 aromatic carbocycles. The summed E-state index contributed by atoms with van der Waals surface area (Å²) in [7, 11) is 0. The first-order chi connectivity index (χ1) is 10.2. The molecule has 3 aromatic rings. The van der Waals surface area contributed by atoms with E-state index in [1.54, 1.807) is 0 Å². The summed E-state index contributed by atoms with van der Waals surface area (Å²) < 4.78 is 0. The minimum absolute atomic E-state index is 0.265. The van der Waals surface area contributed by atoms with Gasteiger partial charge in [-0.1, -0.05) is 48.0 Å². The average Bonchev–Trinajstić information content (AvgIpc) is 2.53. The molecule has 0 bridgehead atoms. The SMILES string of the molecule is C[C@H](NCc1cccc2cccnc12)c1ccc(Cl)cc1. The van der Waals surface area contributed by atoms with Gasteiger partial charge in [-0.05, 0) is 36.2 Å². The average molecular weight is 297 g/mol. The van der Waals surface area contributed by atoms with Crippen molar-refractivity contribution in [3.05, 3.63) is 76.9 Å². The van der Waals surface area contributed by atoms with Gasteiger partial charge in [-0.15, -0.1) is 0 Å². The third kappa shape index (κ3) is 3.23. The molecule has 0 radical (unpaired) electrons. The molecule has 0 unspecified atom stereocenters. The number of rotatable bonds is 4. The van der Waals surface area contributed by atoms with Crippen molar-refractivity contribution in [2.24, 2.45) is 0 Å². The van der Waals surface area contributed by atoms with Crippen LogP contribution in [0.15, 0.2) is 60.8 Å². The summed E-state index contributed by atoms with van der Waals surface area (Å²) >= 11 is 5.93. The van der Waals surface area contributed by atoms with Gasteiger partial charge in [-0.2, -0.15) is 0 Å². The fourth-order valence-corrected chi connectivity index (χ4v) is 2.57. The summed E-state index contributed by atoms with van der Waals surface area (Å²) in [5, 5.41) is 5.49. The highest BCUT2D eigenvalue weighted by atomic mass is 35.5. The minimum atomic E-state index is 0.265. The molecular formula is C18H17ClN2. The van der Waals surface area contributed by atoms with Gasteiger partial charge in [-0.25, -0.2) is 0 Å². The second-order valence-electron chi connectivity index (χ2n) is 5.15. The molecule has 0 fully saturated rings. The van der Waals surface area contributed by atoms with E-state index in [0.717, 1.165) is 17.1 Å². The molecular weight excluding hydrogens is 280 g/mol. The summed E-state index contributed by atoms with van der Waals surface area (Å²) in [5.74, 6) is 0. The molecule has 21 heavy (non-hydrogen) atoms. The van der Waals surface area contributed by atoms with Crippen LogP contribution in [0.4, 0.5) is 0 Å². The van der Waals surface area contributed by atoms with Crippen LogP contribution in [0.3, 0.4) is 0 Å². The summed E-state index contributed by atoms with van der Waals surface area (Å²) in [5.41, 5.74) is 3.51. The largest absolute Gasteiger partial charge is 0.306 e. The van der Waals surface area contributed by atoms with E-state index in [1.807, 2.05) is 24.4 Å². The first-order valence-corrected chi connectivity index (χ1v) is 7.43. The molecule has 0 saturated heterocycles. The molecule has 0 saturated carbocycles. The van der Waals surface area contributed by atoms with E-state index >= 15 is 0 Å². The fourth-order valence-electron chi connectivity index (χ4n) is 2.44. The summed E-state index contributed by atoms with van der Waals surface area (Å²) in [4.78, 5) is 4.49. The van der Waals surface area contributed by atoms with E-state index in [1.165, 1.54) is 16.5 Å². The third-order valence-corrected chi connectivity index (χ3v) is 3.94. The number of fused-ring (bicyclic) bond motifs is 1. The predicted octanol–water partition coefficient (Wildman–Crippen LogP) is 4.74. The predicted molar refractivity (Wildman–Crippen MR) is 88.4 cm³/mol. The molecule has 3 heteroatoms. The Hall–Kier alpha value is -1.90. The Kier molecular flexibility index (Phi) is 4.18. The zero-order valence-corrected chi connectivity index (χ0v) is 12.6. The Bertz CT molecular complexity index is 732. The molecule has 0 amide bonds. The van der Waals surface area contributed by atoms with Gasteiger partial charge >= 0.3 is 0 Å². The van der Waals surface area contributed by atoms with Crippen LogP contribution in [-0.2, 0) is 6.54 Å². The van der Waals surface area contributed by atoms with Crippen LogP contribution in [0.1, 0.15) is 24.1 Å². The Morgan fingerprint density at radius 3 is 2.62 bits per heavy atom. The van der Waals surface area contributed by atoms with Crippen LogP contribution in [0.2, 0.25) is 5.02 Å². The molecule has 0 aliphatic carbocycles. The Balaban J connectivity index is 1.76. The zero-order chi connectivity index (χ0) is 14.7.